The van der Waals surface area contributed by atoms with Gasteiger partial charge in [0.25, 0.3) is 5.91 Å². The molecular formula is C13H15Cl2NO4. The van der Waals surface area contributed by atoms with Gasteiger partial charge in [-0.15, -0.1) is 0 Å². The van der Waals surface area contributed by atoms with Gasteiger partial charge in [-0.3, -0.25) is 9.59 Å². The number of likely N-dealkylation sites (N-methyl/N-ethyl adjacent to an activating group) is 1. The van der Waals surface area contributed by atoms with Gasteiger partial charge in [0, 0.05) is 18.6 Å². The van der Waals surface area contributed by atoms with Crippen LogP contribution in [0.3, 0.4) is 0 Å². The van der Waals surface area contributed by atoms with Gasteiger partial charge < -0.3 is 14.7 Å². The largest absolute Gasteiger partial charge is 0.481 e. The van der Waals surface area contributed by atoms with E-state index in [4.69, 9.17) is 33.0 Å². The average molecular weight is 320 g/mol. The molecule has 0 fully saturated rings. The van der Waals surface area contributed by atoms with Gasteiger partial charge in [0.15, 0.2) is 6.10 Å². The molecule has 0 aliphatic rings. The molecule has 0 bridgehead atoms. The van der Waals surface area contributed by atoms with E-state index in [1.54, 1.807) is 19.1 Å². The van der Waals surface area contributed by atoms with E-state index in [0.717, 1.165) is 0 Å². The number of nitrogens with zero attached hydrogens (tertiary/aromatic N) is 1. The first-order valence-corrected chi connectivity index (χ1v) is 6.65. The van der Waals surface area contributed by atoms with Crippen molar-refractivity contribution in [2.24, 2.45) is 0 Å². The Morgan fingerprint density at radius 1 is 1.40 bits per heavy atom. The van der Waals surface area contributed by atoms with E-state index in [2.05, 4.69) is 0 Å². The van der Waals surface area contributed by atoms with E-state index in [-0.39, 0.29) is 18.9 Å². The van der Waals surface area contributed by atoms with Gasteiger partial charge >= 0.3 is 5.97 Å². The molecule has 1 amide bonds. The maximum absolute atomic E-state index is 12.0. The number of carboxylic acid groups (broad SMARTS) is 1. The van der Waals surface area contributed by atoms with Gasteiger partial charge in [-0.2, -0.15) is 0 Å². The highest BCUT2D eigenvalue weighted by Crippen LogP contribution is 2.28. The summed E-state index contributed by atoms with van der Waals surface area (Å²) in [5.74, 6) is -0.931. The van der Waals surface area contributed by atoms with Crippen LogP contribution in [0.15, 0.2) is 18.2 Å². The van der Waals surface area contributed by atoms with E-state index in [1.807, 2.05) is 0 Å². The Morgan fingerprint density at radius 3 is 2.60 bits per heavy atom. The van der Waals surface area contributed by atoms with Crippen LogP contribution in [-0.4, -0.2) is 41.6 Å². The Labute approximate surface area is 127 Å². The summed E-state index contributed by atoms with van der Waals surface area (Å²) in [5.41, 5.74) is 0. The van der Waals surface area contributed by atoms with Crippen molar-refractivity contribution in [3.8, 4) is 5.75 Å². The fourth-order valence-electron chi connectivity index (χ4n) is 1.50. The maximum atomic E-state index is 12.0. The maximum Gasteiger partial charge on any atom is 0.305 e. The minimum atomic E-state index is -0.959. The standard InChI is InChI=1S/C13H15Cl2NO4/c1-8(13(19)16(2)6-5-12(17)18)20-11-4-3-9(14)7-10(11)15/h3-4,7-8H,5-6H2,1-2H3,(H,17,18). The molecule has 1 aromatic rings. The average Bonchev–Trinajstić information content (AvgIpc) is 2.38. The van der Waals surface area contributed by atoms with Crippen molar-refractivity contribution in [3.63, 3.8) is 0 Å². The lowest BCUT2D eigenvalue weighted by atomic mass is 10.3. The predicted octanol–water partition coefficient (Wildman–Crippen LogP) is 2.69. The number of ether oxygens (including phenoxy) is 1. The SMILES string of the molecule is CC(Oc1ccc(Cl)cc1Cl)C(=O)N(C)CCC(=O)O. The summed E-state index contributed by atoms with van der Waals surface area (Å²) in [6.07, 6.45) is -0.885. The third-order valence-corrected chi connectivity index (χ3v) is 3.11. The second-order valence-electron chi connectivity index (χ2n) is 4.24. The Hall–Kier alpha value is -1.46. The zero-order valence-electron chi connectivity index (χ0n) is 11.1. The van der Waals surface area contributed by atoms with Crippen LogP contribution < -0.4 is 4.74 Å². The van der Waals surface area contributed by atoms with Gasteiger partial charge in [0.1, 0.15) is 5.75 Å². The first kappa shape index (κ1) is 16.6. The lowest BCUT2D eigenvalue weighted by molar-refractivity contribution is -0.140. The molecule has 1 N–H and O–H groups in total. The smallest absolute Gasteiger partial charge is 0.305 e. The molecule has 0 aliphatic heterocycles. The van der Waals surface area contributed by atoms with Crippen LogP contribution in [0.5, 0.6) is 5.75 Å². The number of benzene rings is 1. The van der Waals surface area contributed by atoms with Crippen molar-refractivity contribution < 1.29 is 19.4 Å². The summed E-state index contributed by atoms with van der Waals surface area (Å²) in [4.78, 5) is 23.7. The molecule has 5 nitrogen and oxygen atoms in total. The van der Waals surface area contributed by atoms with Crippen LogP contribution in [-0.2, 0) is 9.59 Å². The molecule has 0 aliphatic carbocycles. The first-order chi connectivity index (χ1) is 9.31. The van der Waals surface area contributed by atoms with Crippen molar-refractivity contribution in [2.45, 2.75) is 19.4 Å². The molecule has 1 aromatic carbocycles. The normalized spacial score (nSPS) is 11.8. The summed E-state index contributed by atoms with van der Waals surface area (Å²) >= 11 is 11.7. The van der Waals surface area contributed by atoms with E-state index in [1.165, 1.54) is 18.0 Å². The zero-order chi connectivity index (χ0) is 15.3. The molecule has 1 atom stereocenters. The molecule has 1 rings (SSSR count). The van der Waals surface area contributed by atoms with Crippen molar-refractivity contribution in [1.82, 2.24) is 4.90 Å². The number of rotatable bonds is 6. The van der Waals surface area contributed by atoms with Gasteiger partial charge in [0.05, 0.1) is 11.4 Å². The zero-order valence-corrected chi connectivity index (χ0v) is 12.6. The third-order valence-electron chi connectivity index (χ3n) is 2.58. The molecule has 20 heavy (non-hydrogen) atoms. The summed E-state index contributed by atoms with van der Waals surface area (Å²) in [6.45, 7) is 1.70. The number of carbonyl (C=O) groups is 2. The summed E-state index contributed by atoms with van der Waals surface area (Å²) < 4.78 is 5.46. The third kappa shape index (κ3) is 4.90. The number of aliphatic carboxylic acids is 1. The van der Waals surface area contributed by atoms with Crippen LogP contribution in [0.25, 0.3) is 0 Å². The van der Waals surface area contributed by atoms with Gasteiger partial charge in [0.2, 0.25) is 0 Å². The number of halogens is 2. The Morgan fingerprint density at radius 2 is 2.05 bits per heavy atom. The number of hydrogen-bond donors (Lipinski definition) is 1. The number of amides is 1. The Bertz CT molecular complexity index is 507. The van der Waals surface area contributed by atoms with Crippen molar-refractivity contribution >= 4 is 35.1 Å². The molecular weight excluding hydrogens is 305 g/mol. The monoisotopic (exact) mass is 319 g/mol. The topological polar surface area (TPSA) is 66.8 Å². The number of carbonyl (C=O) groups excluding carboxylic acids is 1. The molecule has 1 unspecified atom stereocenters. The van der Waals surface area contributed by atoms with E-state index >= 15 is 0 Å². The Kier molecular flexibility index (Phi) is 6.10. The Balaban J connectivity index is 2.63. The highest BCUT2D eigenvalue weighted by molar-refractivity contribution is 6.35. The lowest BCUT2D eigenvalue weighted by Crippen LogP contribution is -2.39. The van der Waals surface area contributed by atoms with E-state index in [0.29, 0.717) is 15.8 Å². The molecule has 0 heterocycles. The van der Waals surface area contributed by atoms with Crippen molar-refractivity contribution in [3.05, 3.63) is 28.2 Å². The minimum absolute atomic E-state index is 0.114. The summed E-state index contributed by atoms with van der Waals surface area (Å²) in [7, 11) is 1.52. The van der Waals surface area contributed by atoms with Crippen LogP contribution in [0.4, 0.5) is 0 Å². The van der Waals surface area contributed by atoms with E-state index < -0.39 is 12.1 Å². The van der Waals surface area contributed by atoms with E-state index in [9.17, 15) is 9.59 Å². The van der Waals surface area contributed by atoms with Crippen LogP contribution in [0.2, 0.25) is 10.0 Å². The van der Waals surface area contributed by atoms with Gasteiger partial charge in [-0.25, -0.2) is 0 Å². The van der Waals surface area contributed by atoms with Crippen LogP contribution >= 0.6 is 23.2 Å². The molecule has 7 heteroatoms. The molecule has 0 saturated carbocycles. The second-order valence-corrected chi connectivity index (χ2v) is 5.08. The van der Waals surface area contributed by atoms with Crippen LogP contribution in [0.1, 0.15) is 13.3 Å². The molecule has 0 radical (unpaired) electrons. The summed E-state index contributed by atoms with van der Waals surface area (Å²) in [6, 6.07) is 4.70. The summed E-state index contributed by atoms with van der Waals surface area (Å²) in [5, 5.41) is 9.36. The molecule has 0 aromatic heterocycles. The highest BCUT2D eigenvalue weighted by atomic mass is 35.5. The van der Waals surface area contributed by atoms with Gasteiger partial charge in [-0.05, 0) is 25.1 Å². The van der Waals surface area contributed by atoms with Crippen LogP contribution in [0, 0.1) is 0 Å². The lowest BCUT2D eigenvalue weighted by Gasteiger charge is -2.22. The molecule has 0 saturated heterocycles. The van der Waals surface area contributed by atoms with Gasteiger partial charge in [-0.1, -0.05) is 23.2 Å². The predicted molar refractivity (Wildman–Crippen MR) is 76.4 cm³/mol. The van der Waals surface area contributed by atoms with Crippen molar-refractivity contribution in [2.75, 3.05) is 13.6 Å². The molecule has 0 spiro atoms. The highest BCUT2D eigenvalue weighted by Gasteiger charge is 2.20. The second kappa shape index (κ2) is 7.36. The first-order valence-electron chi connectivity index (χ1n) is 5.89. The quantitative estimate of drug-likeness (QED) is 0.875. The van der Waals surface area contributed by atoms with Crippen molar-refractivity contribution in [1.29, 1.82) is 0 Å². The minimum Gasteiger partial charge on any atom is -0.481 e. The fourth-order valence-corrected chi connectivity index (χ4v) is 1.95. The molecule has 110 valence electrons. The fraction of sp³-hybridized carbons (Fsp3) is 0.385. The number of carboxylic acids is 1. The number of hydrogen-bond acceptors (Lipinski definition) is 3.